The van der Waals surface area contributed by atoms with Gasteiger partial charge in [0.2, 0.25) is 0 Å². The third kappa shape index (κ3) is 6.54. The molecule has 0 aliphatic carbocycles. The number of aliphatic hydroxyl groups is 1. The first kappa shape index (κ1) is 11.8. The zero-order valence-electron chi connectivity index (χ0n) is 7.96. The van der Waals surface area contributed by atoms with Crippen molar-refractivity contribution in [3.63, 3.8) is 0 Å². The molecular formula is C8H21N3O. The molecule has 0 saturated heterocycles. The number of rotatable bonds is 6. The van der Waals surface area contributed by atoms with Gasteiger partial charge in [-0.3, -0.25) is 5.32 Å². The van der Waals surface area contributed by atoms with E-state index in [1.807, 2.05) is 0 Å². The van der Waals surface area contributed by atoms with E-state index in [1.165, 1.54) is 0 Å². The summed E-state index contributed by atoms with van der Waals surface area (Å²) < 4.78 is 0. The van der Waals surface area contributed by atoms with Crippen LogP contribution in [0.3, 0.4) is 0 Å². The Balaban J connectivity index is 3.36. The van der Waals surface area contributed by atoms with Crippen LogP contribution in [0.5, 0.6) is 0 Å². The largest absolute Gasteiger partial charge is 0.379 e. The van der Waals surface area contributed by atoms with Crippen molar-refractivity contribution in [2.45, 2.75) is 39.1 Å². The second-order valence-corrected chi connectivity index (χ2v) is 3.37. The molecule has 0 aromatic rings. The van der Waals surface area contributed by atoms with Crippen molar-refractivity contribution in [1.29, 1.82) is 0 Å². The van der Waals surface area contributed by atoms with Gasteiger partial charge in [-0.2, -0.15) is 0 Å². The van der Waals surface area contributed by atoms with Crippen molar-refractivity contribution in [1.82, 2.24) is 5.32 Å². The molecule has 6 N–H and O–H groups in total. The highest BCUT2D eigenvalue weighted by Crippen LogP contribution is 2.03. The Morgan fingerprint density at radius 2 is 1.92 bits per heavy atom. The Bertz CT molecular complexity index is 108. The first-order valence-corrected chi connectivity index (χ1v) is 4.46. The highest BCUT2D eigenvalue weighted by molar-refractivity contribution is 4.62. The van der Waals surface area contributed by atoms with Crippen molar-refractivity contribution in [2.24, 2.45) is 17.4 Å². The summed E-state index contributed by atoms with van der Waals surface area (Å²) in [5.41, 5.74) is 11.1. The van der Waals surface area contributed by atoms with E-state index in [2.05, 4.69) is 12.2 Å². The second kappa shape index (κ2) is 6.37. The van der Waals surface area contributed by atoms with Crippen LogP contribution in [0.4, 0.5) is 0 Å². The van der Waals surface area contributed by atoms with Gasteiger partial charge in [0.1, 0.15) is 6.23 Å². The maximum Gasteiger partial charge on any atom is 0.103 e. The monoisotopic (exact) mass is 175 g/mol. The molecule has 0 aromatic carbocycles. The van der Waals surface area contributed by atoms with Crippen molar-refractivity contribution < 1.29 is 5.11 Å². The maximum atomic E-state index is 8.93. The molecule has 3 unspecified atom stereocenters. The summed E-state index contributed by atoms with van der Waals surface area (Å²) in [6.45, 7) is 4.45. The Kier molecular flexibility index (Phi) is 6.28. The van der Waals surface area contributed by atoms with Gasteiger partial charge in [0, 0.05) is 0 Å². The molecule has 12 heavy (non-hydrogen) atoms. The number of hydrogen-bond acceptors (Lipinski definition) is 4. The highest BCUT2D eigenvalue weighted by Gasteiger charge is 2.06. The van der Waals surface area contributed by atoms with E-state index in [4.69, 9.17) is 16.6 Å². The van der Waals surface area contributed by atoms with E-state index in [0.29, 0.717) is 12.5 Å². The number of nitrogens with two attached hydrogens (primary N) is 2. The third-order valence-corrected chi connectivity index (χ3v) is 1.83. The second-order valence-electron chi connectivity index (χ2n) is 3.37. The molecule has 0 aromatic heterocycles. The molecule has 3 atom stereocenters. The first-order chi connectivity index (χ1) is 5.56. The van der Waals surface area contributed by atoms with Gasteiger partial charge < -0.3 is 16.6 Å². The number of nitrogens with one attached hydrogen (secondary N) is 1. The van der Waals surface area contributed by atoms with E-state index in [0.717, 1.165) is 12.8 Å². The van der Waals surface area contributed by atoms with E-state index >= 15 is 0 Å². The minimum Gasteiger partial charge on any atom is -0.379 e. The van der Waals surface area contributed by atoms with Crippen LogP contribution < -0.4 is 16.8 Å². The number of aliphatic hydroxyl groups excluding tert-OH is 1. The minimum absolute atomic E-state index is 0.126. The lowest BCUT2D eigenvalue weighted by Gasteiger charge is -2.17. The standard InChI is InChI=1S/C8H21N3O/c1-6(5-9)3-4-8(10)11-7(2)12/h6-8,11-12H,3-5,9-10H2,1-2H3. The summed E-state index contributed by atoms with van der Waals surface area (Å²) >= 11 is 0. The van der Waals surface area contributed by atoms with Crippen LogP contribution in [-0.2, 0) is 0 Å². The zero-order valence-corrected chi connectivity index (χ0v) is 7.96. The molecular weight excluding hydrogens is 154 g/mol. The Morgan fingerprint density at radius 1 is 1.33 bits per heavy atom. The van der Waals surface area contributed by atoms with Gasteiger partial charge in [0.25, 0.3) is 0 Å². The summed E-state index contributed by atoms with van der Waals surface area (Å²) in [6.07, 6.45) is 1.19. The molecule has 0 fully saturated rings. The van der Waals surface area contributed by atoms with Crippen LogP contribution in [0.15, 0.2) is 0 Å². The topological polar surface area (TPSA) is 84.3 Å². The van der Waals surface area contributed by atoms with Gasteiger partial charge in [-0.1, -0.05) is 6.92 Å². The normalized spacial score (nSPS) is 18.8. The predicted molar refractivity (Wildman–Crippen MR) is 50.2 cm³/mol. The first-order valence-electron chi connectivity index (χ1n) is 4.46. The average Bonchev–Trinajstić information content (AvgIpc) is 1.99. The van der Waals surface area contributed by atoms with Gasteiger partial charge in [-0.05, 0) is 32.2 Å². The van der Waals surface area contributed by atoms with Crippen LogP contribution in [0, 0.1) is 5.92 Å². The third-order valence-electron chi connectivity index (χ3n) is 1.83. The Labute approximate surface area is 74.3 Å². The zero-order chi connectivity index (χ0) is 9.56. The summed E-state index contributed by atoms with van der Waals surface area (Å²) in [6, 6.07) is 0. The van der Waals surface area contributed by atoms with E-state index in [9.17, 15) is 0 Å². The van der Waals surface area contributed by atoms with Gasteiger partial charge >= 0.3 is 0 Å². The van der Waals surface area contributed by atoms with Crippen molar-refractivity contribution >= 4 is 0 Å². The molecule has 0 saturated carbocycles. The van der Waals surface area contributed by atoms with Gasteiger partial charge in [0.15, 0.2) is 0 Å². The van der Waals surface area contributed by atoms with E-state index < -0.39 is 6.23 Å². The van der Waals surface area contributed by atoms with Crippen molar-refractivity contribution in [3.8, 4) is 0 Å². The smallest absolute Gasteiger partial charge is 0.103 e. The predicted octanol–water partition coefficient (Wildman–Crippen LogP) is -0.426. The molecule has 0 spiro atoms. The summed E-state index contributed by atoms with van der Waals surface area (Å²) in [5.74, 6) is 0.506. The molecule has 0 radical (unpaired) electrons. The van der Waals surface area contributed by atoms with Crippen LogP contribution >= 0.6 is 0 Å². The fourth-order valence-corrected chi connectivity index (χ4v) is 0.975. The molecule has 0 aliphatic rings. The summed E-state index contributed by atoms with van der Waals surface area (Å²) in [5, 5.41) is 11.7. The SMILES string of the molecule is CC(CN)CCC(N)NC(C)O. The van der Waals surface area contributed by atoms with Gasteiger partial charge in [0.05, 0.1) is 6.17 Å². The fourth-order valence-electron chi connectivity index (χ4n) is 0.975. The lowest BCUT2D eigenvalue weighted by Crippen LogP contribution is -2.42. The Morgan fingerprint density at radius 3 is 2.33 bits per heavy atom. The van der Waals surface area contributed by atoms with Crippen LogP contribution in [0.1, 0.15) is 26.7 Å². The van der Waals surface area contributed by atoms with E-state index in [1.54, 1.807) is 6.92 Å². The van der Waals surface area contributed by atoms with Crippen LogP contribution in [0.2, 0.25) is 0 Å². The minimum atomic E-state index is -0.534. The summed E-state index contributed by atoms with van der Waals surface area (Å²) in [7, 11) is 0. The lowest BCUT2D eigenvalue weighted by atomic mass is 10.1. The quantitative estimate of drug-likeness (QED) is 0.413. The Hall–Kier alpha value is -0.160. The van der Waals surface area contributed by atoms with Crippen molar-refractivity contribution in [3.05, 3.63) is 0 Å². The van der Waals surface area contributed by atoms with Gasteiger partial charge in [-0.15, -0.1) is 0 Å². The molecule has 0 rings (SSSR count). The molecule has 74 valence electrons. The molecule has 0 bridgehead atoms. The van der Waals surface area contributed by atoms with Crippen LogP contribution in [-0.4, -0.2) is 24.0 Å². The fraction of sp³-hybridized carbons (Fsp3) is 1.00. The maximum absolute atomic E-state index is 8.93. The molecule has 4 heteroatoms. The van der Waals surface area contributed by atoms with E-state index in [-0.39, 0.29) is 6.17 Å². The molecule has 0 aliphatic heterocycles. The van der Waals surface area contributed by atoms with Gasteiger partial charge in [-0.25, -0.2) is 0 Å². The highest BCUT2D eigenvalue weighted by atomic mass is 16.3. The molecule has 0 amide bonds. The van der Waals surface area contributed by atoms with Crippen molar-refractivity contribution in [2.75, 3.05) is 6.54 Å². The average molecular weight is 175 g/mol. The molecule has 0 heterocycles. The lowest BCUT2D eigenvalue weighted by molar-refractivity contribution is 0.137. The molecule has 4 nitrogen and oxygen atoms in total. The number of hydrogen-bond donors (Lipinski definition) is 4. The van der Waals surface area contributed by atoms with Crippen LogP contribution in [0.25, 0.3) is 0 Å². The summed E-state index contributed by atoms with van der Waals surface area (Å²) in [4.78, 5) is 0.